The van der Waals surface area contributed by atoms with Crippen LogP contribution in [0.4, 0.5) is 5.69 Å². The number of nitrogens with two attached hydrogens (primary N) is 1. The first-order valence-corrected chi connectivity index (χ1v) is 7.37. The molecule has 0 bridgehead atoms. The van der Waals surface area contributed by atoms with E-state index in [2.05, 4.69) is 17.1 Å². The number of rotatable bonds is 4. The SMILES string of the molecule is Cc1ccc(NC(=O)CN2CC(CN)CC2C)cc1Cl. The van der Waals surface area contributed by atoms with Gasteiger partial charge < -0.3 is 11.1 Å². The quantitative estimate of drug-likeness (QED) is 0.896. The zero-order chi connectivity index (χ0) is 14.7. The number of anilines is 1. The molecule has 1 aromatic carbocycles. The molecule has 2 unspecified atom stereocenters. The minimum absolute atomic E-state index is 0.00515. The Morgan fingerprint density at radius 2 is 2.30 bits per heavy atom. The van der Waals surface area contributed by atoms with E-state index in [1.165, 1.54) is 0 Å². The first-order valence-electron chi connectivity index (χ1n) is 6.99. The molecule has 0 aromatic heterocycles. The van der Waals surface area contributed by atoms with E-state index >= 15 is 0 Å². The summed E-state index contributed by atoms with van der Waals surface area (Å²) in [5.74, 6) is 0.501. The number of nitrogens with zero attached hydrogens (tertiary/aromatic N) is 1. The fraction of sp³-hybridized carbons (Fsp3) is 0.533. The molecule has 1 amide bonds. The Bertz CT molecular complexity index is 492. The van der Waals surface area contributed by atoms with Crippen molar-refractivity contribution in [2.45, 2.75) is 26.3 Å². The lowest BCUT2D eigenvalue weighted by Gasteiger charge is -2.20. The summed E-state index contributed by atoms with van der Waals surface area (Å²) in [4.78, 5) is 14.3. The van der Waals surface area contributed by atoms with E-state index in [1.54, 1.807) is 6.07 Å². The molecule has 1 aliphatic rings. The van der Waals surface area contributed by atoms with Gasteiger partial charge in [0.25, 0.3) is 0 Å². The van der Waals surface area contributed by atoms with Crippen LogP contribution in [0.5, 0.6) is 0 Å². The number of aryl methyl sites for hydroxylation is 1. The number of halogens is 1. The zero-order valence-corrected chi connectivity index (χ0v) is 12.8. The van der Waals surface area contributed by atoms with E-state index in [-0.39, 0.29) is 5.91 Å². The summed E-state index contributed by atoms with van der Waals surface area (Å²) in [6, 6.07) is 5.97. The topological polar surface area (TPSA) is 58.4 Å². The number of benzene rings is 1. The lowest BCUT2D eigenvalue weighted by Crippen LogP contribution is -2.36. The van der Waals surface area contributed by atoms with Crippen LogP contribution in [0.15, 0.2) is 18.2 Å². The fourth-order valence-electron chi connectivity index (χ4n) is 2.66. The van der Waals surface area contributed by atoms with Crippen LogP contribution in [0.3, 0.4) is 0 Å². The van der Waals surface area contributed by atoms with Gasteiger partial charge in [0, 0.05) is 23.3 Å². The van der Waals surface area contributed by atoms with Gasteiger partial charge in [0.1, 0.15) is 0 Å². The van der Waals surface area contributed by atoms with Crippen molar-refractivity contribution in [1.29, 1.82) is 0 Å². The van der Waals surface area contributed by atoms with Crippen molar-refractivity contribution >= 4 is 23.2 Å². The zero-order valence-electron chi connectivity index (χ0n) is 12.0. The Balaban J connectivity index is 1.91. The van der Waals surface area contributed by atoms with E-state index in [9.17, 15) is 4.79 Å². The van der Waals surface area contributed by atoms with Gasteiger partial charge in [-0.15, -0.1) is 0 Å². The number of likely N-dealkylation sites (tertiary alicyclic amines) is 1. The van der Waals surface area contributed by atoms with Gasteiger partial charge in [0.15, 0.2) is 0 Å². The average molecular weight is 296 g/mol. The predicted molar refractivity (Wildman–Crippen MR) is 83.0 cm³/mol. The second-order valence-corrected chi connectivity index (χ2v) is 6.04. The van der Waals surface area contributed by atoms with Gasteiger partial charge in [0.2, 0.25) is 5.91 Å². The van der Waals surface area contributed by atoms with E-state index in [1.807, 2.05) is 19.1 Å². The molecule has 4 nitrogen and oxygen atoms in total. The Labute approximate surface area is 125 Å². The monoisotopic (exact) mass is 295 g/mol. The van der Waals surface area contributed by atoms with Crippen molar-refractivity contribution < 1.29 is 4.79 Å². The average Bonchev–Trinajstić information content (AvgIpc) is 2.74. The summed E-state index contributed by atoms with van der Waals surface area (Å²) in [7, 11) is 0. The lowest BCUT2D eigenvalue weighted by atomic mass is 10.1. The van der Waals surface area contributed by atoms with Gasteiger partial charge in [-0.1, -0.05) is 17.7 Å². The third kappa shape index (κ3) is 3.72. The molecule has 0 aliphatic carbocycles. The third-order valence-electron chi connectivity index (χ3n) is 3.93. The van der Waals surface area contributed by atoms with Crippen LogP contribution in [0.2, 0.25) is 5.02 Å². The lowest BCUT2D eigenvalue weighted by molar-refractivity contribution is -0.117. The van der Waals surface area contributed by atoms with Crippen LogP contribution in [0.25, 0.3) is 0 Å². The maximum atomic E-state index is 12.1. The van der Waals surface area contributed by atoms with Crippen molar-refractivity contribution in [3.8, 4) is 0 Å². The Kier molecular flexibility index (Phi) is 5.02. The van der Waals surface area contributed by atoms with Crippen molar-refractivity contribution in [3.05, 3.63) is 28.8 Å². The van der Waals surface area contributed by atoms with Gasteiger partial charge in [-0.05, 0) is 50.4 Å². The first-order chi connectivity index (χ1) is 9.49. The van der Waals surface area contributed by atoms with Crippen molar-refractivity contribution in [3.63, 3.8) is 0 Å². The first kappa shape index (κ1) is 15.3. The molecule has 1 aromatic rings. The minimum Gasteiger partial charge on any atom is -0.330 e. The number of carbonyl (C=O) groups excluding carboxylic acids is 1. The largest absolute Gasteiger partial charge is 0.330 e. The highest BCUT2D eigenvalue weighted by Gasteiger charge is 2.29. The summed E-state index contributed by atoms with van der Waals surface area (Å²) < 4.78 is 0. The van der Waals surface area contributed by atoms with E-state index < -0.39 is 0 Å². The second-order valence-electron chi connectivity index (χ2n) is 5.63. The molecule has 5 heteroatoms. The number of hydrogen-bond donors (Lipinski definition) is 2. The molecule has 2 atom stereocenters. The number of carbonyl (C=O) groups is 1. The molecule has 0 saturated carbocycles. The van der Waals surface area contributed by atoms with Crippen molar-refractivity contribution in [2.75, 3.05) is 25.0 Å². The smallest absolute Gasteiger partial charge is 0.238 e. The summed E-state index contributed by atoms with van der Waals surface area (Å²) in [6.07, 6.45) is 1.07. The molecule has 1 fully saturated rings. The van der Waals surface area contributed by atoms with Crippen LogP contribution in [-0.4, -0.2) is 36.5 Å². The van der Waals surface area contributed by atoms with E-state index in [0.29, 0.717) is 30.1 Å². The molecule has 1 aliphatic heterocycles. The molecule has 0 spiro atoms. The predicted octanol–water partition coefficient (Wildman–Crippen LogP) is 2.26. The third-order valence-corrected chi connectivity index (χ3v) is 4.33. The fourth-order valence-corrected chi connectivity index (χ4v) is 2.84. The standard InChI is InChI=1S/C15H22ClN3O/c1-10-3-4-13(6-14(10)16)18-15(20)9-19-8-12(7-17)5-11(19)2/h3-4,6,11-12H,5,7-9,17H2,1-2H3,(H,18,20). The van der Waals surface area contributed by atoms with Crippen LogP contribution in [0, 0.1) is 12.8 Å². The molecule has 0 radical (unpaired) electrons. The van der Waals surface area contributed by atoms with Gasteiger partial charge in [-0.3, -0.25) is 9.69 Å². The maximum absolute atomic E-state index is 12.1. The van der Waals surface area contributed by atoms with E-state index in [4.69, 9.17) is 17.3 Å². The highest BCUT2D eigenvalue weighted by molar-refractivity contribution is 6.31. The summed E-state index contributed by atoms with van der Waals surface area (Å²) >= 11 is 6.05. The Morgan fingerprint density at radius 3 is 2.90 bits per heavy atom. The van der Waals surface area contributed by atoms with E-state index in [0.717, 1.165) is 24.2 Å². The number of amides is 1. The van der Waals surface area contributed by atoms with Gasteiger partial charge >= 0.3 is 0 Å². The molecule has 110 valence electrons. The maximum Gasteiger partial charge on any atom is 0.238 e. The van der Waals surface area contributed by atoms with Gasteiger partial charge in [-0.2, -0.15) is 0 Å². The molecule has 1 heterocycles. The molecular formula is C15H22ClN3O. The summed E-state index contributed by atoms with van der Waals surface area (Å²) in [6.45, 7) is 6.08. The van der Waals surface area contributed by atoms with Crippen molar-refractivity contribution in [1.82, 2.24) is 4.90 Å². The van der Waals surface area contributed by atoms with Crippen LogP contribution >= 0.6 is 11.6 Å². The van der Waals surface area contributed by atoms with Crippen molar-refractivity contribution in [2.24, 2.45) is 11.7 Å². The van der Waals surface area contributed by atoms with Crippen LogP contribution in [-0.2, 0) is 4.79 Å². The molecular weight excluding hydrogens is 274 g/mol. The van der Waals surface area contributed by atoms with Crippen LogP contribution in [0.1, 0.15) is 18.9 Å². The van der Waals surface area contributed by atoms with Crippen LogP contribution < -0.4 is 11.1 Å². The highest BCUT2D eigenvalue weighted by atomic mass is 35.5. The highest BCUT2D eigenvalue weighted by Crippen LogP contribution is 2.22. The molecule has 3 N–H and O–H groups in total. The summed E-state index contributed by atoms with van der Waals surface area (Å²) in [5.41, 5.74) is 7.45. The Morgan fingerprint density at radius 1 is 1.55 bits per heavy atom. The molecule has 20 heavy (non-hydrogen) atoms. The molecule has 2 rings (SSSR count). The second kappa shape index (κ2) is 6.57. The summed E-state index contributed by atoms with van der Waals surface area (Å²) in [5, 5.41) is 3.56. The Hall–Kier alpha value is -1.10. The normalized spacial score (nSPS) is 23.0. The molecule has 1 saturated heterocycles. The number of nitrogens with one attached hydrogen (secondary N) is 1. The number of hydrogen-bond acceptors (Lipinski definition) is 3. The van der Waals surface area contributed by atoms with Gasteiger partial charge in [-0.25, -0.2) is 0 Å². The minimum atomic E-state index is -0.00515. The van der Waals surface area contributed by atoms with Gasteiger partial charge in [0.05, 0.1) is 6.54 Å².